The first-order valence-corrected chi connectivity index (χ1v) is 6.32. The Balaban J connectivity index is 4.64. The molecule has 0 heterocycles. The van der Waals surface area contributed by atoms with E-state index in [4.69, 9.17) is 0 Å². The summed E-state index contributed by atoms with van der Waals surface area (Å²) in [6.07, 6.45) is -1.09. The number of nitrogens with zero attached hydrogens (tertiary/aromatic N) is 1. The van der Waals surface area contributed by atoms with Gasteiger partial charge in [0, 0.05) is 6.54 Å². The Labute approximate surface area is 100 Å². The lowest BCUT2D eigenvalue weighted by Gasteiger charge is -2.18. The molecule has 100 valence electrons. The summed E-state index contributed by atoms with van der Waals surface area (Å²) >= 11 is 0. The number of methoxy groups -OCH3 is 1. The van der Waals surface area contributed by atoms with Crippen molar-refractivity contribution in [3.63, 3.8) is 0 Å². The van der Waals surface area contributed by atoms with Crippen molar-refractivity contribution in [1.29, 1.82) is 0 Å². The molecule has 17 heavy (non-hydrogen) atoms. The van der Waals surface area contributed by atoms with Crippen molar-refractivity contribution in [3.8, 4) is 0 Å². The van der Waals surface area contributed by atoms with Crippen molar-refractivity contribution in [2.75, 3.05) is 26.8 Å². The van der Waals surface area contributed by atoms with Crippen molar-refractivity contribution in [1.82, 2.24) is 9.03 Å². The maximum Gasteiger partial charge on any atom is 0.421 e. The van der Waals surface area contributed by atoms with Gasteiger partial charge >= 0.3 is 22.3 Å². The van der Waals surface area contributed by atoms with Crippen LogP contribution >= 0.6 is 0 Å². The highest BCUT2D eigenvalue weighted by Gasteiger charge is 2.25. The fraction of sp³-hybridized carbons (Fsp3) is 0.750. The number of rotatable bonds is 6. The molecule has 0 fully saturated rings. The largest absolute Gasteiger partial charge is 0.468 e. The third-order valence-electron chi connectivity index (χ3n) is 1.71. The lowest BCUT2D eigenvalue weighted by Crippen LogP contribution is -2.45. The minimum Gasteiger partial charge on any atom is -0.468 e. The van der Waals surface area contributed by atoms with E-state index in [2.05, 4.69) is 9.47 Å². The van der Waals surface area contributed by atoms with Gasteiger partial charge in [-0.2, -0.15) is 12.7 Å². The van der Waals surface area contributed by atoms with Gasteiger partial charge in [-0.15, -0.1) is 0 Å². The Hall–Kier alpha value is -1.35. The summed E-state index contributed by atoms with van der Waals surface area (Å²) < 4.78 is 34.4. The molecule has 1 amide bonds. The van der Waals surface area contributed by atoms with E-state index < -0.39 is 28.8 Å². The topological polar surface area (TPSA) is 102 Å². The van der Waals surface area contributed by atoms with Gasteiger partial charge in [0.25, 0.3) is 0 Å². The molecule has 9 heteroatoms. The molecular formula is C8H16N2O6S. The van der Waals surface area contributed by atoms with Gasteiger partial charge in [-0.05, 0) is 6.92 Å². The molecule has 0 aromatic rings. The second-order valence-corrected chi connectivity index (χ2v) is 4.50. The van der Waals surface area contributed by atoms with Gasteiger partial charge in [-0.1, -0.05) is 6.92 Å². The number of hydrogen-bond donors (Lipinski definition) is 1. The Morgan fingerprint density at radius 1 is 1.29 bits per heavy atom. The summed E-state index contributed by atoms with van der Waals surface area (Å²) in [5, 5.41) is 0. The third-order valence-corrected chi connectivity index (χ3v) is 3.21. The third kappa shape index (κ3) is 5.50. The van der Waals surface area contributed by atoms with E-state index in [1.165, 1.54) is 13.8 Å². The number of likely N-dealkylation sites (N-methyl/N-ethyl adjacent to an activating group) is 1. The van der Waals surface area contributed by atoms with Gasteiger partial charge in [0.1, 0.15) is 6.54 Å². The first-order chi connectivity index (χ1) is 7.87. The van der Waals surface area contributed by atoms with Gasteiger partial charge < -0.3 is 9.47 Å². The van der Waals surface area contributed by atoms with Crippen molar-refractivity contribution < 1.29 is 27.5 Å². The van der Waals surface area contributed by atoms with E-state index in [-0.39, 0.29) is 13.2 Å². The highest BCUT2D eigenvalue weighted by atomic mass is 32.2. The number of carbonyl (C=O) groups is 2. The molecule has 8 nitrogen and oxygen atoms in total. The van der Waals surface area contributed by atoms with Crippen LogP contribution in [0.3, 0.4) is 0 Å². The lowest BCUT2D eigenvalue weighted by atomic mass is 10.6. The Bertz CT molecular complexity index is 366. The van der Waals surface area contributed by atoms with Gasteiger partial charge in [-0.3, -0.25) is 4.79 Å². The molecule has 0 saturated carbocycles. The zero-order valence-electron chi connectivity index (χ0n) is 9.93. The molecule has 0 bridgehead atoms. The molecular weight excluding hydrogens is 252 g/mol. The van der Waals surface area contributed by atoms with Crippen LogP contribution in [0.5, 0.6) is 0 Å². The van der Waals surface area contributed by atoms with Crippen LogP contribution < -0.4 is 4.72 Å². The Kier molecular flexibility index (Phi) is 6.51. The van der Waals surface area contributed by atoms with Crippen molar-refractivity contribution in [2.45, 2.75) is 13.8 Å². The maximum atomic E-state index is 11.6. The molecule has 0 saturated heterocycles. The number of esters is 1. The molecule has 0 aliphatic rings. The molecule has 0 aromatic heterocycles. The molecule has 0 radical (unpaired) electrons. The quantitative estimate of drug-likeness (QED) is 0.650. The summed E-state index contributed by atoms with van der Waals surface area (Å²) in [5.41, 5.74) is 0. The molecule has 0 rings (SSSR count). The second-order valence-electron chi connectivity index (χ2n) is 2.83. The highest BCUT2D eigenvalue weighted by molar-refractivity contribution is 7.87. The second kappa shape index (κ2) is 7.07. The van der Waals surface area contributed by atoms with Crippen LogP contribution in [0.4, 0.5) is 4.79 Å². The minimum atomic E-state index is -4.09. The molecule has 0 aromatic carbocycles. The molecule has 0 aliphatic heterocycles. The van der Waals surface area contributed by atoms with Crippen LogP contribution in [0.15, 0.2) is 0 Å². The Morgan fingerprint density at radius 3 is 2.29 bits per heavy atom. The predicted molar refractivity (Wildman–Crippen MR) is 58.3 cm³/mol. The number of carbonyl (C=O) groups excluding carboxylic acids is 2. The molecule has 0 unspecified atom stereocenters. The van der Waals surface area contributed by atoms with Crippen LogP contribution in [-0.4, -0.2) is 51.6 Å². The van der Waals surface area contributed by atoms with Gasteiger partial charge in [0.2, 0.25) is 0 Å². The molecule has 0 aliphatic carbocycles. The van der Waals surface area contributed by atoms with Gasteiger partial charge in [0.05, 0.1) is 13.7 Å². The zero-order chi connectivity index (χ0) is 13.5. The van der Waals surface area contributed by atoms with Gasteiger partial charge in [0.15, 0.2) is 0 Å². The summed E-state index contributed by atoms with van der Waals surface area (Å²) in [7, 11) is -2.95. The normalized spacial score (nSPS) is 11.1. The van der Waals surface area contributed by atoms with Crippen LogP contribution in [0, 0.1) is 0 Å². The summed E-state index contributed by atoms with van der Waals surface area (Å²) in [5.74, 6) is -0.721. The fourth-order valence-corrected chi connectivity index (χ4v) is 1.92. The minimum absolute atomic E-state index is 0.0177. The van der Waals surface area contributed by atoms with Crippen molar-refractivity contribution in [3.05, 3.63) is 0 Å². The SMILES string of the molecule is CCOC(=O)NS(=O)(=O)N(CC)CC(=O)OC. The van der Waals surface area contributed by atoms with E-state index in [0.29, 0.717) is 0 Å². The fourth-order valence-electron chi connectivity index (χ4n) is 0.906. The van der Waals surface area contributed by atoms with E-state index >= 15 is 0 Å². The number of hydrogen-bond acceptors (Lipinski definition) is 6. The highest BCUT2D eigenvalue weighted by Crippen LogP contribution is 1.98. The molecule has 0 spiro atoms. The maximum absolute atomic E-state index is 11.6. The molecule has 0 atom stereocenters. The van der Waals surface area contributed by atoms with Crippen LogP contribution in [0.25, 0.3) is 0 Å². The smallest absolute Gasteiger partial charge is 0.421 e. The first kappa shape index (κ1) is 15.7. The number of nitrogens with one attached hydrogen (secondary N) is 1. The average Bonchev–Trinajstić information content (AvgIpc) is 2.24. The van der Waals surface area contributed by atoms with E-state index in [1.807, 2.05) is 0 Å². The summed E-state index contributed by atoms with van der Waals surface area (Å²) in [6.45, 7) is 2.65. The zero-order valence-corrected chi connectivity index (χ0v) is 10.7. The molecule has 1 N–H and O–H groups in total. The summed E-state index contributed by atoms with van der Waals surface area (Å²) in [4.78, 5) is 21.9. The van der Waals surface area contributed by atoms with E-state index in [1.54, 1.807) is 4.72 Å². The first-order valence-electron chi connectivity index (χ1n) is 4.88. The van der Waals surface area contributed by atoms with Crippen molar-refractivity contribution in [2.24, 2.45) is 0 Å². The number of ether oxygens (including phenoxy) is 2. The lowest BCUT2D eigenvalue weighted by molar-refractivity contribution is -0.140. The number of amides is 1. The predicted octanol–water partition coefficient (Wildman–Crippen LogP) is -0.528. The van der Waals surface area contributed by atoms with Crippen LogP contribution in [0.1, 0.15) is 13.8 Å². The Morgan fingerprint density at radius 2 is 1.88 bits per heavy atom. The van der Waals surface area contributed by atoms with E-state index in [0.717, 1.165) is 11.4 Å². The summed E-state index contributed by atoms with van der Waals surface area (Å²) in [6, 6.07) is 0. The van der Waals surface area contributed by atoms with Crippen LogP contribution in [-0.2, 0) is 24.5 Å². The average molecular weight is 268 g/mol. The van der Waals surface area contributed by atoms with Crippen molar-refractivity contribution >= 4 is 22.3 Å². The monoisotopic (exact) mass is 268 g/mol. The standard InChI is InChI=1S/C8H16N2O6S/c1-4-10(6-7(11)15-3)17(13,14)9-8(12)16-5-2/h4-6H2,1-3H3,(H,9,12). The van der Waals surface area contributed by atoms with Crippen LogP contribution in [0.2, 0.25) is 0 Å². The van der Waals surface area contributed by atoms with Gasteiger partial charge in [-0.25, -0.2) is 9.52 Å². The van der Waals surface area contributed by atoms with E-state index in [9.17, 15) is 18.0 Å².